The van der Waals surface area contributed by atoms with Crippen LogP contribution in [0.5, 0.6) is 0 Å². The molecule has 3 aromatic rings. The maximum absolute atomic E-state index is 13.1. The van der Waals surface area contributed by atoms with E-state index in [2.05, 4.69) is 15.6 Å². The van der Waals surface area contributed by atoms with Gasteiger partial charge in [0.15, 0.2) is 5.78 Å². The molecule has 1 aliphatic carbocycles. The molecule has 0 bridgehead atoms. The number of amides is 1. The molecule has 2 aromatic carbocycles. The molecule has 0 saturated heterocycles. The monoisotopic (exact) mass is 542 g/mol. The van der Waals surface area contributed by atoms with Gasteiger partial charge in [-0.3, -0.25) is 18.9 Å². The number of anilines is 1. The van der Waals surface area contributed by atoms with Crippen LogP contribution in [-0.2, 0) is 32.7 Å². The highest BCUT2D eigenvalue weighted by Gasteiger charge is 2.29. The number of hydrogen-bond donors (Lipinski definition) is 5. The molecule has 0 unspecified atom stereocenters. The van der Waals surface area contributed by atoms with Crippen LogP contribution < -0.4 is 15.4 Å². The largest absolute Gasteiger partial charge is 0.389 e. The number of benzene rings is 2. The van der Waals surface area contributed by atoms with Crippen LogP contribution in [0.2, 0.25) is 0 Å². The van der Waals surface area contributed by atoms with Gasteiger partial charge >= 0.3 is 10.3 Å². The van der Waals surface area contributed by atoms with Gasteiger partial charge in [-0.25, -0.2) is 4.98 Å². The first kappa shape index (κ1) is 26.5. The number of Topliss-reactive ketones (excluding diaryl/α,β-unsaturated/α-hetero) is 1. The average Bonchev–Trinajstić information content (AvgIpc) is 3.45. The number of aliphatic hydroxyl groups excluding tert-OH is 1. The van der Waals surface area contributed by atoms with Crippen LogP contribution >= 0.6 is 11.3 Å². The number of allylic oxidation sites excluding steroid dienone is 1. The van der Waals surface area contributed by atoms with Crippen molar-refractivity contribution in [1.29, 1.82) is 0 Å². The number of fused-ring (bicyclic) bond motifs is 1. The predicted octanol–water partition coefficient (Wildman–Crippen LogP) is 2.18. The molecule has 0 saturated carbocycles. The highest BCUT2D eigenvalue weighted by Crippen LogP contribution is 2.34. The zero-order chi connectivity index (χ0) is 26.6. The zero-order valence-corrected chi connectivity index (χ0v) is 21.5. The number of thiazole rings is 1. The Bertz CT molecular complexity index is 1450. The molecular weight excluding hydrogens is 516 g/mol. The number of nitrogens with zero attached hydrogens (tertiary/aromatic N) is 1. The Morgan fingerprint density at radius 3 is 2.51 bits per heavy atom. The van der Waals surface area contributed by atoms with Gasteiger partial charge in [0.05, 0.1) is 34.5 Å². The Labute approximate surface area is 218 Å². The molecule has 0 radical (unpaired) electrons. The van der Waals surface area contributed by atoms with Gasteiger partial charge in [-0.2, -0.15) is 8.42 Å². The predicted molar refractivity (Wildman–Crippen MR) is 140 cm³/mol. The molecule has 0 aliphatic heterocycles. The van der Waals surface area contributed by atoms with E-state index in [4.69, 9.17) is 9.66 Å². The van der Waals surface area contributed by atoms with Crippen LogP contribution in [-0.4, -0.2) is 47.9 Å². The number of nitrogens with one attached hydrogen (secondary N) is 3. The first-order valence-corrected chi connectivity index (χ1v) is 13.7. The van der Waals surface area contributed by atoms with Crippen molar-refractivity contribution in [2.45, 2.75) is 25.8 Å². The Morgan fingerprint density at radius 1 is 1.14 bits per heavy atom. The first-order valence-electron chi connectivity index (χ1n) is 11.4. The van der Waals surface area contributed by atoms with Crippen LogP contribution in [0.4, 0.5) is 5.69 Å². The van der Waals surface area contributed by atoms with E-state index in [1.54, 1.807) is 24.3 Å². The average molecular weight is 543 g/mol. The topological polar surface area (TPSA) is 158 Å². The van der Waals surface area contributed by atoms with Crippen molar-refractivity contribution in [1.82, 2.24) is 15.6 Å². The molecular formula is C25H26N4O6S2. The Kier molecular flexibility index (Phi) is 8.03. The lowest BCUT2D eigenvalue weighted by Crippen LogP contribution is -2.33. The highest BCUT2D eigenvalue weighted by atomic mass is 32.2. The van der Waals surface area contributed by atoms with E-state index in [0.717, 1.165) is 27.4 Å². The number of ketones is 1. The molecule has 1 aromatic heterocycles. The van der Waals surface area contributed by atoms with Gasteiger partial charge in [-0.1, -0.05) is 36.4 Å². The molecule has 10 nitrogen and oxygen atoms in total. The molecule has 0 fully saturated rings. The lowest BCUT2D eigenvalue weighted by Gasteiger charge is -2.21. The fraction of sp³-hybridized carbons (Fsp3) is 0.240. The minimum absolute atomic E-state index is 0.227. The van der Waals surface area contributed by atoms with Crippen LogP contribution in [0.15, 0.2) is 59.6 Å². The van der Waals surface area contributed by atoms with Crippen molar-refractivity contribution in [3.63, 3.8) is 0 Å². The van der Waals surface area contributed by atoms with Gasteiger partial charge in [0, 0.05) is 17.5 Å². The molecule has 1 amide bonds. The van der Waals surface area contributed by atoms with E-state index in [0.29, 0.717) is 24.1 Å². The summed E-state index contributed by atoms with van der Waals surface area (Å²) in [5.41, 5.74) is 4.76. The normalized spacial score (nSPS) is 13.7. The van der Waals surface area contributed by atoms with Gasteiger partial charge in [-0.15, -0.1) is 11.3 Å². The van der Waals surface area contributed by atoms with Crippen molar-refractivity contribution in [2.24, 2.45) is 0 Å². The smallest absolute Gasteiger partial charge is 0.357 e. The third-order valence-corrected chi connectivity index (χ3v) is 7.07. The van der Waals surface area contributed by atoms with Gasteiger partial charge in [-0.05, 0) is 42.2 Å². The van der Waals surface area contributed by atoms with E-state index in [9.17, 15) is 18.0 Å². The molecule has 1 aliphatic rings. The second kappa shape index (κ2) is 11.2. The molecule has 5 N–H and O–H groups in total. The molecule has 37 heavy (non-hydrogen) atoms. The Hall–Kier alpha value is -3.58. The van der Waals surface area contributed by atoms with E-state index in [1.807, 2.05) is 41.3 Å². The Morgan fingerprint density at radius 2 is 1.86 bits per heavy atom. The summed E-state index contributed by atoms with van der Waals surface area (Å²) in [6, 6.07) is 13.8. The van der Waals surface area contributed by atoms with Crippen LogP contribution in [0.25, 0.3) is 5.57 Å². The van der Waals surface area contributed by atoms with Gasteiger partial charge in [0.25, 0.3) is 5.91 Å². The molecule has 194 valence electrons. The maximum atomic E-state index is 13.1. The minimum atomic E-state index is -4.37. The van der Waals surface area contributed by atoms with Gasteiger partial charge in [0.1, 0.15) is 6.61 Å². The summed E-state index contributed by atoms with van der Waals surface area (Å²) in [5, 5.41) is 17.9. The quantitative estimate of drug-likeness (QED) is 0.231. The summed E-state index contributed by atoms with van der Waals surface area (Å²) < 4.78 is 33.2. The third-order valence-electron chi connectivity index (χ3n) is 5.79. The second-order valence-electron chi connectivity index (χ2n) is 8.53. The lowest BCUT2D eigenvalue weighted by atomic mass is 10.0. The SMILES string of the molecule is Cc1nc([C@H](Cc2ccc(NS(=O)(=O)O)cc2)NC2=C(C(=O)NCC(=O)CO)c3ccccc3C2)cs1. The van der Waals surface area contributed by atoms with E-state index < -0.39 is 28.6 Å². The summed E-state index contributed by atoms with van der Waals surface area (Å²) in [5.74, 6) is -0.902. The molecule has 1 heterocycles. The number of carbonyl (C=O) groups is 2. The summed E-state index contributed by atoms with van der Waals surface area (Å²) in [6.07, 6.45) is 0.969. The first-order chi connectivity index (χ1) is 17.6. The van der Waals surface area contributed by atoms with E-state index in [-0.39, 0.29) is 18.3 Å². The minimum Gasteiger partial charge on any atom is -0.389 e. The van der Waals surface area contributed by atoms with Crippen molar-refractivity contribution in [3.8, 4) is 0 Å². The van der Waals surface area contributed by atoms with Crippen molar-refractivity contribution in [2.75, 3.05) is 17.9 Å². The highest BCUT2D eigenvalue weighted by molar-refractivity contribution is 7.87. The number of aryl methyl sites for hydroxylation is 1. The molecule has 0 spiro atoms. The number of aliphatic hydroxyl groups is 1. The maximum Gasteiger partial charge on any atom is 0.357 e. The summed E-state index contributed by atoms with van der Waals surface area (Å²) in [7, 11) is -4.37. The fourth-order valence-electron chi connectivity index (χ4n) is 4.14. The fourth-order valence-corrected chi connectivity index (χ4v) is 5.24. The zero-order valence-electron chi connectivity index (χ0n) is 19.9. The van der Waals surface area contributed by atoms with E-state index in [1.165, 1.54) is 11.3 Å². The van der Waals surface area contributed by atoms with Crippen LogP contribution in [0.1, 0.15) is 33.4 Å². The number of rotatable bonds is 11. The number of hydrogen-bond acceptors (Lipinski definition) is 8. The van der Waals surface area contributed by atoms with Crippen LogP contribution in [0, 0.1) is 6.92 Å². The Balaban J connectivity index is 1.63. The van der Waals surface area contributed by atoms with Crippen molar-refractivity contribution >= 4 is 44.6 Å². The number of aromatic nitrogens is 1. The standard InChI is InChI=1S/C25H26N4O6S2/c1-15-27-23(14-36-15)21(10-16-6-8-18(9-7-16)29-37(33,34)35)28-22-11-17-4-2-3-5-20(17)24(22)25(32)26-12-19(31)13-30/h2-9,14,21,28-30H,10-13H2,1H3,(H,26,32)(H,33,34,35)/t21-/m0/s1. The summed E-state index contributed by atoms with van der Waals surface area (Å²) in [6.45, 7) is 0.987. The third kappa shape index (κ3) is 6.80. The lowest BCUT2D eigenvalue weighted by molar-refractivity contribution is -0.124. The van der Waals surface area contributed by atoms with Crippen LogP contribution in [0.3, 0.4) is 0 Å². The summed E-state index contributed by atoms with van der Waals surface area (Å²) >= 11 is 1.51. The van der Waals surface area contributed by atoms with Gasteiger partial charge in [0.2, 0.25) is 0 Å². The molecule has 4 rings (SSSR count). The molecule has 12 heteroatoms. The second-order valence-corrected chi connectivity index (χ2v) is 10.7. The van der Waals surface area contributed by atoms with Crippen molar-refractivity contribution < 1.29 is 27.7 Å². The number of carbonyl (C=O) groups excluding carboxylic acids is 2. The van der Waals surface area contributed by atoms with Crippen molar-refractivity contribution in [3.05, 3.63) is 87.0 Å². The summed E-state index contributed by atoms with van der Waals surface area (Å²) in [4.78, 5) is 29.4. The molecule has 1 atom stereocenters. The van der Waals surface area contributed by atoms with Gasteiger partial charge < -0.3 is 15.7 Å². The van der Waals surface area contributed by atoms with E-state index >= 15 is 0 Å².